The van der Waals surface area contributed by atoms with Gasteiger partial charge in [0.1, 0.15) is 5.82 Å². The van der Waals surface area contributed by atoms with E-state index in [2.05, 4.69) is 29.5 Å². The van der Waals surface area contributed by atoms with E-state index in [4.69, 9.17) is 0 Å². The molecule has 1 N–H and O–H groups in total. The van der Waals surface area contributed by atoms with Gasteiger partial charge < -0.3 is 5.32 Å². The third-order valence-electron chi connectivity index (χ3n) is 1.61. The predicted octanol–water partition coefficient (Wildman–Crippen LogP) is 2.16. The first-order chi connectivity index (χ1) is 5.84. The number of anilines is 1. The Morgan fingerprint density at radius 3 is 3.08 bits per heavy atom. The lowest BCUT2D eigenvalue weighted by molar-refractivity contribution is 1.15. The fraction of sp³-hybridized carbons (Fsp3) is 0.444. The van der Waals surface area contributed by atoms with Crippen molar-refractivity contribution in [2.75, 3.05) is 23.9 Å². The van der Waals surface area contributed by atoms with Crippen molar-refractivity contribution < 1.29 is 0 Å². The molecule has 0 aliphatic heterocycles. The summed E-state index contributed by atoms with van der Waals surface area (Å²) in [5.74, 6) is 2.13. The number of hydrogen-bond acceptors (Lipinski definition) is 3. The van der Waals surface area contributed by atoms with Gasteiger partial charge in [-0.05, 0) is 24.8 Å². The Kier molecular flexibility index (Phi) is 3.94. The van der Waals surface area contributed by atoms with Gasteiger partial charge in [-0.1, -0.05) is 6.07 Å². The van der Waals surface area contributed by atoms with E-state index in [1.807, 2.05) is 24.0 Å². The average molecular weight is 182 g/mol. The van der Waals surface area contributed by atoms with Gasteiger partial charge in [-0.3, -0.25) is 0 Å². The number of nitrogens with zero attached hydrogens (tertiary/aromatic N) is 1. The molecule has 0 atom stereocenters. The van der Waals surface area contributed by atoms with Gasteiger partial charge >= 0.3 is 0 Å². The van der Waals surface area contributed by atoms with E-state index in [1.54, 1.807) is 0 Å². The highest BCUT2D eigenvalue weighted by Gasteiger charge is 1.94. The number of rotatable bonds is 4. The summed E-state index contributed by atoms with van der Waals surface area (Å²) in [6.07, 6.45) is 3.92. The van der Waals surface area contributed by atoms with Crippen LogP contribution < -0.4 is 5.32 Å². The van der Waals surface area contributed by atoms with Gasteiger partial charge in [0.15, 0.2) is 0 Å². The molecule has 0 aromatic carbocycles. The first kappa shape index (κ1) is 9.39. The SMILES string of the molecule is CSCCNc1ncccc1C. The van der Waals surface area contributed by atoms with Crippen LogP contribution in [0.2, 0.25) is 0 Å². The highest BCUT2D eigenvalue weighted by molar-refractivity contribution is 7.98. The third-order valence-corrected chi connectivity index (χ3v) is 2.22. The molecule has 3 heteroatoms. The Labute approximate surface area is 77.8 Å². The largest absolute Gasteiger partial charge is 0.369 e. The smallest absolute Gasteiger partial charge is 0.128 e. The summed E-state index contributed by atoms with van der Waals surface area (Å²) in [5.41, 5.74) is 1.21. The molecule has 0 amide bonds. The van der Waals surface area contributed by atoms with Crippen LogP contribution in [0.3, 0.4) is 0 Å². The molecule has 66 valence electrons. The quantitative estimate of drug-likeness (QED) is 0.722. The first-order valence-electron chi connectivity index (χ1n) is 3.99. The van der Waals surface area contributed by atoms with Crippen molar-refractivity contribution in [3.63, 3.8) is 0 Å². The van der Waals surface area contributed by atoms with Crippen LogP contribution in [0.25, 0.3) is 0 Å². The second-order valence-electron chi connectivity index (χ2n) is 2.59. The van der Waals surface area contributed by atoms with Crippen LogP contribution in [-0.4, -0.2) is 23.5 Å². The van der Waals surface area contributed by atoms with E-state index < -0.39 is 0 Å². The molecule has 2 nitrogen and oxygen atoms in total. The zero-order valence-corrected chi connectivity index (χ0v) is 8.32. The second-order valence-corrected chi connectivity index (χ2v) is 3.57. The molecule has 0 fully saturated rings. The number of pyridine rings is 1. The van der Waals surface area contributed by atoms with Crippen molar-refractivity contribution in [3.05, 3.63) is 23.9 Å². The molecule has 0 aliphatic carbocycles. The van der Waals surface area contributed by atoms with Crippen LogP contribution in [0.1, 0.15) is 5.56 Å². The Hall–Kier alpha value is -0.700. The van der Waals surface area contributed by atoms with Crippen LogP contribution in [0.4, 0.5) is 5.82 Å². The molecule has 0 radical (unpaired) electrons. The standard InChI is InChI=1S/C9H14N2S/c1-8-4-3-5-10-9(8)11-6-7-12-2/h3-5H,6-7H2,1-2H3,(H,10,11). The van der Waals surface area contributed by atoms with E-state index in [0.29, 0.717) is 0 Å². The summed E-state index contributed by atoms with van der Waals surface area (Å²) in [7, 11) is 0. The van der Waals surface area contributed by atoms with Crippen LogP contribution in [0.15, 0.2) is 18.3 Å². The Morgan fingerprint density at radius 2 is 2.42 bits per heavy atom. The lowest BCUT2D eigenvalue weighted by atomic mass is 10.3. The van der Waals surface area contributed by atoms with Crippen LogP contribution in [0, 0.1) is 6.92 Å². The normalized spacial score (nSPS) is 9.83. The molecule has 1 aromatic heterocycles. The molecule has 1 rings (SSSR count). The molecule has 12 heavy (non-hydrogen) atoms. The first-order valence-corrected chi connectivity index (χ1v) is 5.38. The summed E-state index contributed by atoms with van der Waals surface area (Å²) >= 11 is 1.84. The number of hydrogen-bond donors (Lipinski definition) is 1. The fourth-order valence-electron chi connectivity index (χ4n) is 0.942. The molecule has 0 aliphatic rings. The Bertz CT molecular complexity index is 238. The van der Waals surface area contributed by atoms with Crippen molar-refractivity contribution in [2.45, 2.75) is 6.92 Å². The van der Waals surface area contributed by atoms with Crippen molar-refractivity contribution in [1.29, 1.82) is 0 Å². The molecule has 0 saturated carbocycles. The summed E-state index contributed by atoms with van der Waals surface area (Å²) < 4.78 is 0. The highest BCUT2D eigenvalue weighted by Crippen LogP contribution is 2.08. The minimum atomic E-state index is 0.985. The minimum absolute atomic E-state index is 0.985. The van der Waals surface area contributed by atoms with Crippen LogP contribution >= 0.6 is 11.8 Å². The molecule has 0 unspecified atom stereocenters. The second kappa shape index (κ2) is 5.04. The molecule has 0 spiro atoms. The number of nitrogens with one attached hydrogen (secondary N) is 1. The third kappa shape index (κ3) is 2.74. The number of aryl methyl sites for hydroxylation is 1. The average Bonchev–Trinajstić information content (AvgIpc) is 2.09. The van der Waals surface area contributed by atoms with E-state index in [0.717, 1.165) is 18.1 Å². The lowest BCUT2D eigenvalue weighted by Gasteiger charge is -2.06. The minimum Gasteiger partial charge on any atom is -0.369 e. The maximum atomic E-state index is 4.23. The maximum absolute atomic E-state index is 4.23. The van der Waals surface area contributed by atoms with Gasteiger partial charge in [-0.15, -0.1) is 0 Å². The Morgan fingerprint density at radius 1 is 1.58 bits per heavy atom. The monoisotopic (exact) mass is 182 g/mol. The van der Waals surface area contributed by atoms with Crippen molar-refractivity contribution in [1.82, 2.24) is 4.98 Å². The summed E-state index contributed by atoms with van der Waals surface area (Å²) in [6.45, 7) is 3.05. The zero-order chi connectivity index (χ0) is 8.81. The van der Waals surface area contributed by atoms with Gasteiger partial charge in [0.05, 0.1) is 0 Å². The van der Waals surface area contributed by atoms with E-state index in [1.165, 1.54) is 5.56 Å². The summed E-state index contributed by atoms with van der Waals surface area (Å²) in [5, 5.41) is 3.28. The molecule has 0 bridgehead atoms. The van der Waals surface area contributed by atoms with E-state index in [-0.39, 0.29) is 0 Å². The fourth-order valence-corrected chi connectivity index (χ4v) is 1.25. The van der Waals surface area contributed by atoms with Crippen molar-refractivity contribution in [2.24, 2.45) is 0 Å². The molecule has 1 aromatic rings. The van der Waals surface area contributed by atoms with Crippen LogP contribution in [-0.2, 0) is 0 Å². The zero-order valence-electron chi connectivity index (χ0n) is 7.50. The number of thioether (sulfide) groups is 1. The summed E-state index contributed by atoms with van der Waals surface area (Å²) in [6, 6.07) is 4.02. The van der Waals surface area contributed by atoms with E-state index >= 15 is 0 Å². The van der Waals surface area contributed by atoms with Gasteiger partial charge in [0, 0.05) is 18.5 Å². The van der Waals surface area contributed by atoms with Gasteiger partial charge in [-0.25, -0.2) is 4.98 Å². The lowest BCUT2D eigenvalue weighted by Crippen LogP contribution is -2.06. The molecular formula is C9H14N2S. The highest BCUT2D eigenvalue weighted by atomic mass is 32.2. The topological polar surface area (TPSA) is 24.9 Å². The Balaban J connectivity index is 2.46. The summed E-state index contributed by atoms with van der Waals surface area (Å²) in [4.78, 5) is 4.23. The van der Waals surface area contributed by atoms with E-state index in [9.17, 15) is 0 Å². The van der Waals surface area contributed by atoms with Gasteiger partial charge in [-0.2, -0.15) is 11.8 Å². The van der Waals surface area contributed by atoms with Crippen molar-refractivity contribution >= 4 is 17.6 Å². The predicted molar refractivity (Wildman–Crippen MR) is 55.8 cm³/mol. The molecular weight excluding hydrogens is 168 g/mol. The van der Waals surface area contributed by atoms with Gasteiger partial charge in [0.25, 0.3) is 0 Å². The van der Waals surface area contributed by atoms with Crippen LogP contribution in [0.5, 0.6) is 0 Å². The molecule has 0 saturated heterocycles. The van der Waals surface area contributed by atoms with Crippen molar-refractivity contribution in [3.8, 4) is 0 Å². The molecule has 1 heterocycles. The maximum Gasteiger partial charge on any atom is 0.128 e. The van der Waals surface area contributed by atoms with Gasteiger partial charge in [0.2, 0.25) is 0 Å². The number of aromatic nitrogens is 1.